The van der Waals surface area contributed by atoms with Gasteiger partial charge in [-0.1, -0.05) is 11.8 Å². The van der Waals surface area contributed by atoms with Gasteiger partial charge in [-0.25, -0.2) is 0 Å². The number of hydrogen-bond acceptors (Lipinski definition) is 7. The van der Waals surface area contributed by atoms with Crippen molar-refractivity contribution < 1.29 is 24.4 Å². The van der Waals surface area contributed by atoms with Crippen LogP contribution in [0.3, 0.4) is 0 Å². The molecule has 0 saturated carbocycles. The maximum absolute atomic E-state index is 12.0. The van der Waals surface area contributed by atoms with Crippen LogP contribution in [0.1, 0.15) is 13.3 Å². The van der Waals surface area contributed by atoms with Crippen LogP contribution in [-0.2, 0) is 4.74 Å². The van der Waals surface area contributed by atoms with E-state index in [0.29, 0.717) is 18.1 Å². The Hall–Kier alpha value is -0.410. The summed E-state index contributed by atoms with van der Waals surface area (Å²) in [4.78, 5) is 4.24. The number of hydrogen-bond donors (Lipinski definition) is 4. The van der Waals surface area contributed by atoms with Crippen molar-refractivity contribution in [1.29, 1.82) is 0 Å². The number of halogens is 1. The first-order valence-corrected chi connectivity index (χ1v) is 7.16. The first-order valence-electron chi connectivity index (χ1n) is 6.28. The number of aliphatic hydroxyl groups is 3. The highest BCUT2D eigenvalue weighted by Crippen LogP contribution is 2.36. The summed E-state index contributed by atoms with van der Waals surface area (Å²) in [5.74, 6) is 0. The van der Waals surface area contributed by atoms with Crippen molar-refractivity contribution in [3.05, 3.63) is 0 Å². The highest BCUT2D eigenvalue weighted by atomic mass is 32.2. The summed E-state index contributed by atoms with van der Waals surface area (Å²) in [6.45, 7) is 1.56. The number of rotatable bonds is 4. The van der Waals surface area contributed by atoms with Gasteiger partial charge in [0.2, 0.25) is 0 Å². The van der Waals surface area contributed by atoms with Gasteiger partial charge in [0.05, 0.1) is 12.8 Å². The first-order chi connectivity index (χ1) is 9.04. The maximum atomic E-state index is 12.0. The van der Waals surface area contributed by atoms with E-state index in [1.54, 1.807) is 0 Å². The van der Waals surface area contributed by atoms with E-state index in [-0.39, 0.29) is 0 Å². The molecular formula is C11H19FN2O4S. The number of fused-ring (bicyclic) bond motifs is 1. The van der Waals surface area contributed by atoms with E-state index >= 15 is 0 Å². The number of thioether (sulfide) groups is 1. The van der Waals surface area contributed by atoms with Gasteiger partial charge in [-0.3, -0.25) is 9.38 Å². The van der Waals surface area contributed by atoms with E-state index in [2.05, 4.69) is 10.3 Å². The second-order valence-corrected chi connectivity index (χ2v) is 5.79. The Morgan fingerprint density at radius 3 is 2.84 bits per heavy atom. The minimum Gasteiger partial charge on any atom is -0.391 e. The van der Waals surface area contributed by atoms with Crippen LogP contribution in [0, 0.1) is 0 Å². The molecule has 8 heteroatoms. The second-order valence-electron chi connectivity index (χ2n) is 4.70. The van der Waals surface area contributed by atoms with Gasteiger partial charge in [0.1, 0.15) is 29.8 Å². The molecular weight excluding hydrogens is 275 g/mol. The average Bonchev–Trinajstić information content (AvgIpc) is 2.77. The molecule has 0 aliphatic carbocycles. The minimum atomic E-state index is -1.17. The number of aliphatic imine (C=N–C) groups is 1. The zero-order valence-corrected chi connectivity index (χ0v) is 11.4. The normalized spacial score (nSPS) is 39.6. The SMILES string of the molecule is CC(O)[C@H]1O[C@@H]2SC(NCCCF)=N[C@@H]2[C@@H](O)[C@@H]1O. The van der Waals surface area contributed by atoms with Gasteiger partial charge < -0.3 is 25.4 Å². The number of nitrogens with zero attached hydrogens (tertiary/aromatic N) is 1. The molecule has 6 atom stereocenters. The fourth-order valence-corrected chi connectivity index (χ4v) is 3.27. The van der Waals surface area contributed by atoms with Gasteiger partial charge in [-0.05, 0) is 13.3 Å². The van der Waals surface area contributed by atoms with Crippen LogP contribution >= 0.6 is 11.8 Å². The predicted octanol–water partition coefficient (Wildman–Crippen LogP) is -0.766. The van der Waals surface area contributed by atoms with Gasteiger partial charge >= 0.3 is 0 Å². The Morgan fingerprint density at radius 1 is 1.47 bits per heavy atom. The molecule has 0 aromatic heterocycles. The standard InChI is InChI=1S/C11H19FN2O4S/c1-5(15)9-8(17)7(16)6-10(18-9)19-11(14-6)13-4-2-3-12/h5-10,15-17H,2-4H2,1H3,(H,13,14)/t5?,6-,7-,8+,9-,10-/m1/s1. The third-order valence-electron chi connectivity index (χ3n) is 3.16. The average molecular weight is 294 g/mol. The summed E-state index contributed by atoms with van der Waals surface area (Å²) < 4.78 is 17.6. The summed E-state index contributed by atoms with van der Waals surface area (Å²) in [7, 11) is 0. The van der Waals surface area contributed by atoms with Gasteiger partial charge in [0, 0.05) is 6.54 Å². The number of amidine groups is 1. The molecule has 0 amide bonds. The summed E-state index contributed by atoms with van der Waals surface area (Å²) in [6, 6.07) is -0.567. The smallest absolute Gasteiger partial charge is 0.159 e. The zero-order chi connectivity index (χ0) is 14.0. The van der Waals surface area contributed by atoms with E-state index in [0.717, 1.165) is 0 Å². The largest absolute Gasteiger partial charge is 0.391 e. The fraction of sp³-hybridized carbons (Fsp3) is 0.909. The van der Waals surface area contributed by atoms with Gasteiger partial charge in [-0.2, -0.15) is 0 Å². The number of alkyl halides is 1. The second kappa shape index (κ2) is 6.36. The molecule has 2 aliphatic heterocycles. The van der Waals surface area contributed by atoms with E-state index < -0.39 is 42.6 Å². The highest BCUT2D eigenvalue weighted by Gasteiger charge is 2.49. The minimum absolute atomic E-state index is 0.386. The Kier molecular flexibility index (Phi) is 5.02. The monoisotopic (exact) mass is 294 g/mol. The van der Waals surface area contributed by atoms with Crippen molar-refractivity contribution in [1.82, 2.24) is 5.32 Å². The van der Waals surface area contributed by atoms with E-state index in [4.69, 9.17) is 4.74 Å². The summed E-state index contributed by atoms with van der Waals surface area (Å²) >= 11 is 1.28. The van der Waals surface area contributed by atoms with E-state index in [9.17, 15) is 19.7 Å². The van der Waals surface area contributed by atoms with Crippen LogP contribution in [0.4, 0.5) is 4.39 Å². The fourth-order valence-electron chi connectivity index (χ4n) is 2.13. The number of ether oxygens (including phenoxy) is 1. The van der Waals surface area contributed by atoms with Crippen LogP contribution in [-0.4, -0.2) is 69.6 Å². The molecule has 0 spiro atoms. The summed E-state index contributed by atoms with van der Waals surface area (Å²) in [5.41, 5.74) is -0.439. The Balaban J connectivity index is 1.97. The molecule has 2 aliphatic rings. The lowest BCUT2D eigenvalue weighted by atomic mass is 9.95. The lowest BCUT2D eigenvalue weighted by Crippen LogP contribution is -2.57. The molecule has 1 unspecified atom stereocenters. The topological polar surface area (TPSA) is 94.3 Å². The molecule has 0 radical (unpaired) electrons. The van der Waals surface area contributed by atoms with Gasteiger partial charge in [-0.15, -0.1) is 0 Å². The van der Waals surface area contributed by atoms with Crippen LogP contribution in [0.2, 0.25) is 0 Å². The molecule has 2 rings (SSSR count). The third-order valence-corrected chi connectivity index (χ3v) is 4.26. The van der Waals surface area contributed by atoms with Crippen molar-refractivity contribution in [2.24, 2.45) is 4.99 Å². The molecule has 0 aromatic carbocycles. The molecule has 19 heavy (non-hydrogen) atoms. The third kappa shape index (κ3) is 3.19. The number of aliphatic hydroxyl groups excluding tert-OH is 3. The van der Waals surface area contributed by atoms with Crippen molar-refractivity contribution in [2.45, 2.75) is 49.2 Å². The molecule has 4 N–H and O–H groups in total. The van der Waals surface area contributed by atoms with Crippen LogP contribution in [0.25, 0.3) is 0 Å². The molecule has 2 heterocycles. The van der Waals surface area contributed by atoms with Crippen molar-refractivity contribution in [2.75, 3.05) is 13.2 Å². The first kappa shape index (κ1) is 15.0. The van der Waals surface area contributed by atoms with E-state index in [1.807, 2.05) is 0 Å². The molecule has 0 bridgehead atoms. The van der Waals surface area contributed by atoms with Crippen molar-refractivity contribution in [3.63, 3.8) is 0 Å². The summed E-state index contributed by atoms with van der Waals surface area (Å²) in [5, 5.41) is 32.9. The van der Waals surface area contributed by atoms with Crippen LogP contribution in [0.5, 0.6) is 0 Å². The van der Waals surface area contributed by atoms with Crippen LogP contribution < -0.4 is 5.32 Å². The maximum Gasteiger partial charge on any atom is 0.159 e. The lowest BCUT2D eigenvalue weighted by molar-refractivity contribution is -0.181. The highest BCUT2D eigenvalue weighted by molar-refractivity contribution is 8.14. The number of nitrogens with one attached hydrogen (secondary N) is 1. The summed E-state index contributed by atoms with van der Waals surface area (Å²) in [6.07, 6.45) is -3.57. The van der Waals surface area contributed by atoms with Crippen LogP contribution in [0.15, 0.2) is 4.99 Å². The zero-order valence-electron chi connectivity index (χ0n) is 10.6. The molecule has 0 aromatic rings. The Labute approximate surface area is 115 Å². The van der Waals surface area contributed by atoms with Crippen molar-refractivity contribution >= 4 is 16.9 Å². The predicted molar refractivity (Wildman–Crippen MR) is 69.8 cm³/mol. The van der Waals surface area contributed by atoms with Gasteiger partial charge in [0.25, 0.3) is 0 Å². The van der Waals surface area contributed by atoms with E-state index in [1.165, 1.54) is 18.7 Å². The molecule has 6 nitrogen and oxygen atoms in total. The Bertz CT molecular complexity index is 345. The molecule has 1 fully saturated rings. The lowest BCUT2D eigenvalue weighted by Gasteiger charge is -2.39. The molecule has 110 valence electrons. The van der Waals surface area contributed by atoms with Crippen molar-refractivity contribution in [3.8, 4) is 0 Å². The van der Waals surface area contributed by atoms with Gasteiger partial charge in [0.15, 0.2) is 5.17 Å². The Morgan fingerprint density at radius 2 is 2.21 bits per heavy atom. The molecule has 1 saturated heterocycles. The quantitative estimate of drug-likeness (QED) is 0.509.